The van der Waals surface area contributed by atoms with Crippen LogP contribution in [0, 0.1) is 0 Å². The molecule has 6 nitrogen and oxygen atoms in total. The van der Waals surface area contributed by atoms with E-state index in [4.69, 9.17) is 5.11 Å². The van der Waals surface area contributed by atoms with Crippen LogP contribution < -0.4 is 0 Å². The Morgan fingerprint density at radius 2 is 1.57 bits per heavy atom. The zero-order chi connectivity index (χ0) is 17.3. The number of aliphatic hydroxyl groups excluding tert-OH is 1. The average Bonchev–Trinajstić information content (AvgIpc) is 2.78. The van der Waals surface area contributed by atoms with Gasteiger partial charge in [0.25, 0.3) is 0 Å². The Kier molecular flexibility index (Phi) is 8.47. The van der Waals surface area contributed by atoms with Crippen molar-refractivity contribution in [2.75, 3.05) is 12.4 Å². The lowest BCUT2D eigenvalue weighted by molar-refractivity contribution is 0.319. The number of aromatic nitrogens is 1. The Bertz CT molecular complexity index is 565. The van der Waals surface area contributed by atoms with Gasteiger partial charge in [0.05, 0.1) is 12.4 Å². The SMILES string of the molecule is CCCCCCCCCCn1c(O)cc(S(=O)(=O)CCO)c1O. The van der Waals surface area contributed by atoms with E-state index in [9.17, 15) is 18.6 Å². The summed E-state index contributed by atoms with van der Waals surface area (Å²) in [5, 5.41) is 28.6. The molecule has 1 aromatic rings. The van der Waals surface area contributed by atoms with Crippen LogP contribution in [0.15, 0.2) is 11.0 Å². The second-order valence-electron chi connectivity index (χ2n) is 5.86. The molecule has 0 fully saturated rings. The van der Waals surface area contributed by atoms with E-state index in [0.717, 1.165) is 25.3 Å². The molecule has 0 aliphatic heterocycles. The van der Waals surface area contributed by atoms with Crippen LogP contribution in [-0.2, 0) is 16.4 Å². The summed E-state index contributed by atoms with van der Waals surface area (Å²) in [5.74, 6) is -1.18. The molecule has 0 saturated heterocycles. The zero-order valence-electron chi connectivity index (χ0n) is 13.9. The standard InChI is InChI=1S/C16H29NO5S/c1-2-3-4-5-6-7-8-9-10-17-15(19)13-14(16(17)20)23(21,22)12-11-18/h13,18-20H,2-12H2,1H3. The summed E-state index contributed by atoms with van der Waals surface area (Å²) in [4.78, 5) is -0.316. The van der Waals surface area contributed by atoms with Gasteiger partial charge in [-0.05, 0) is 6.42 Å². The number of aromatic hydroxyl groups is 2. The maximum absolute atomic E-state index is 11.9. The predicted molar refractivity (Wildman–Crippen MR) is 89.5 cm³/mol. The average molecular weight is 347 g/mol. The molecule has 0 unspecified atom stereocenters. The lowest BCUT2D eigenvalue weighted by Crippen LogP contribution is -2.09. The number of rotatable bonds is 12. The van der Waals surface area contributed by atoms with Gasteiger partial charge in [-0.2, -0.15) is 0 Å². The summed E-state index contributed by atoms with van der Waals surface area (Å²) >= 11 is 0. The number of aliphatic hydroxyl groups is 1. The van der Waals surface area contributed by atoms with Gasteiger partial charge in [-0.3, -0.25) is 4.57 Å². The summed E-state index contributed by atoms with van der Waals surface area (Å²) in [7, 11) is -3.77. The maximum Gasteiger partial charge on any atom is 0.213 e. The Morgan fingerprint density at radius 1 is 1.00 bits per heavy atom. The summed E-state index contributed by atoms with van der Waals surface area (Å²) in [6, 6.07) is 1.05. The van der Waals surface area contributed by atoms with Crippen LogP contribution in [-0.4, -0.2) is 40.7 Å². The van der Waals surface area contributed by atoms with Crippen molar-refractivity contribution in [3.63, 3.8) is 0 Å². The molecule has 134 valence electrons. The van der Waals surface area contributed by atoms with Crippen LogP contribution in [0.5, 0.6) is 11.8 Å². The smallest absolute Gasteiger partial charge is 0.213 e. The molecule has 0 amide bonds. The predicted octanol–water partition coefficient (Wildman–Crippen LogP) is 2.81. The molecule has 1 heterocycles. The Morgan fingerprint density at radius 3 is 2.13 bits per heavy atom. The molecule has 0 aliphatic rings. The van der Waals surface area contributed by atoms with E-state index in [0.29, 0.717) is 6.54 Å². The lowest BCUT2D eigenvalue weighted by atomic mass is 10.1. The molecule has 0 atom stereocenters. The number of hydrogen-bond donors (Lipinski definition) is 3. The third kappa shape index (κ3) is 6.06. The van der Waals surface area contributed by atoms with Crippen molar-refractivity contribution in [3.05, 3.63) is 6.07 Å². The topological polar surface area (TPSA) is 99.8 Å². The number of hydrogen-bond acceptors (Lipinski definition) is 5. The first-order valence-corrected chi connectivity index (χ1v) is 10.0. The molecule has 0 aromatic carbocycles. The van der Waals surface area contributed by atoms with Crippen LogP contribution in [0.1, 0.15) is 58.3 Å². The molecule has 0 bridgehead atoms. The van der Waals surface area contributed by atoms with Gasteiger partial charge in [0.15, 0.2) is 15.7 Å². The van der Waals surface area contributed by atoms with Crippen molar-refractivity contribution >= 4 is 9.84 Å². The largest absolute Gasteiger partial charge is 0.494 e. The first kappa shape index (κ1) is 19.8. The molecule has 0 radical (unpaired) electrons. The third-order valence-electron chi connectivity index (χ3n) is 3.94. The normalized spacial score (nSPS) is 11.9. The number of unbranched alkanes of at least 4 members (excludes halogenated alkanes) is 7. The molecule has 0 aliphatic carbocycles. The van der Waals surface area contributed by atoms with Crippen LogP contribution in [0.2, 0.25) is 0 Å². The van der Waals surface area contributed by atoms with Crippen molar-refractivity contribution in [1.82, 2.24) is 4.57 Å². The molecule has 3 N–H and O–H groups in total. The molecular weight excluding hydrogens is 318 g/mol. The van der Waals surface area contributed by atoms with Gasteiger partial charge in [-0.15, -0.1) is 0 Å². The van der Waals surface area contributed by atoms with E-state index < -0.39 is 28.1 Å². The molecule has 23 heavy (non-hydrogen) atoms. The Labute approximate surface area is 138 Å². The van der Waals surface area contributed by atoms with Crippen molar-refractivity contribution in [3.8, 4) is 11.8 Å². The minimum absolute atomic E-state index is 0.262. The van der Waals surface area contributed by atoms with Gasteiger partial charge >= 0.3 is 0 Å². The van der Waals surface area contributed by atoms with Gasteiger partial charge in [-0.25, -0.2) is 8.42 Å². The highest BCUT2D eigenvalue weighted by Crippen LogP contribution is 2.32. The van der Waals surface area contributed by atoms with E-state index in [-0.39, 0.29) is 10.8 Å². The fraction of sp³-hybridized carbons (Fsp3) is 0.750. The first-order valence-electron chi connectivity index (χ1n) is 8.39. The van der Waals surface area contributed by atoms with Crippen molar-refractivity contribution in [2.45, 2.75) is 69.7 Å². The van der Waals surface area contributed by atoms with Crippen molar-refractivity contribution in [2.24, 2.45) is 0 Å². The molecule has 1 rings (SSSR count). The lowest BCUT2D eigenvalue weighted by Gasteiger charge is -2.07. The van der Waals surface area contributed by atoms with Crippen LogP contribution in [0.4, 0.5) is 0 Å². The molecular formula is C16H29NO5S. The summed E-state index contributed by atoms with van der Waals surface area (Å²) in [6.07, 6.45) is 9.02. The summed E-state index contributed by atoms with van der Waals surface area (Å²) in [6.45, 7) is 2.04. The molecule has 0 saturated carbocycles. The minimum atomic E-state index is -3.77. The highest BCUT2D eigenvalue weighted by Gasteiger charge is 2.24. The maximum atomic E-state index is 11.9. The summed E-state index contributed by atoms with van der Waals surface area (Å²) < 4.78 is 25.0. The van der Waals surface area contributed by atoms with Crippen LogP contribution in [0.3, 0.4) is 0 Å². The van der Waals surface area contributed by atoms with Crippen LogP contribution >= 0.6 is 0 Å². The first-order chi connectivity index (χ1) is 10.9. The second-order valence-corrected chi connectivity index (χ2v) is 7.94. The van der Waals surface area contributed by atoms with Gasteiger partial charge in [-0.1, -0.05) is 51.9 Å². The van der Waals surface area contributed by atoms with Gasteiger partial charge in [0.1, 0.15) is 4.90 Å². The number of sulfone groups is 1. The van der Waals surface area contributed by atoms with Gasteiger partial charge in [0.2, 0.25) is 5.88 Å². The van der Waals surface area contributed by atoms with Gasteiger partial charge in [0, 0.05) is 12.6 Å². The fourth-order valence-electron chi connectivity index (χ4n) is 2.58. The molecule has 7 heteroatoms. The second kappa shape index (κ2) is 9.82. The third-order valence-corrected chi connectivity index (χ3v) is 5.63. The van der Waals surface area contributed by atoms with E-state index in [1.807, 2.05) is 0 Å². The highest BCUT2D eigenvalue weighted by molar-refractivity contribution is 7.91. The quantitative estimate of drug-likeness (QED) is 0.505. The minimum Gasteiger partial charge on any atom is -0.494 e. The van der Waals surface area contributed by atoms with Crippen molar-refractivity contribution in [1.29, 1.82) is 0 Å². The number of nitrogens with zero attached hydrogens (tertiary/aromatic N) is 1. The van der Waals surface area contributed by atoms with E-state index in [1.54, 1.807) is 0 Å². The fourth-order valence-corrected chi connectivity index (χ4v) is 3.72. The summed E-state index contributed by atoms with van der Waals surface area (Å²) in [5.41, 5.74) is 0. The van der Waals surface area contributed by atoms with E-state index in [2.05, 4.69) is 6.92 Å². The highest BCUT2D eigenvalue weighted by atomic mass is 32.2. The monoisotopic (exact) mass is 347 g/mol. The molecule has 0 spiro atoms. The van der Waals surface area contributed by atoms with Crippen LogP contribution in [0.25, 0.3) is 0 Å². The van der Waals surface area contributed by atoms with E-state index >= 15 is 0 Å². The van der Waals surface area contributed by atoms with Gasteiger partial charge < -0.3 is 15.3 Å². The van der Waals surface area contributed by atoms with E-state index in [1.165, 1.54) is 36.7 Å². The van der Waals surface area contributed by atoms with Crippen molar-refractivity contribution < 1.29 is 23.7 Å². The Balaban J connectivity index is 2.48. The zero-order valence-corrected chi connectivity index (χ0v) is 14.7. The Hall–Kier alpha value is -1.21. The molecule has 1 aromatic heterocycles.